The fraction of sp³-hybridized carbons (Fsp3) is 0.208. The Bertz CT molecular complexity index is 1230. The van der Waals surface area contributed by atoms with Crippen molar-refractivity contribution in [3.8, 4) is 17.6 Å². The predicted octanol–water partition coefficient (Wildman–Crippen LogP) is 4.22. The van der Waals surface area contributed by atoms with Crippen LogP contribution in [0.25, 0.3) is 5.69 Å². The van der Waals surface area contributed by atoms with Crippen LogP contribution in [0.3, 0.4) is 0 Å². The first-order valence-electron chi connectivity index (χ1n) is 9.92. The molecule has 2 heterocycles. The van der Waals surface area contributed by atoms with Crippen LogP contribution >= 0.6 is 0 Å². The summed E-state index contributed by atoms with van der Waals surface area (Å²) in [6.07, 6.45) is 0. The molecule has 1 aliphatic rings. The highest BCUT2D eigenvalue weighted by Crippen LogP contribution is 2.46. The van der Waals surface area contributed by atoms with E-state index in [2.05, 4.69) is 6.07 Å². The van der Waals surface area contributed by atoms with E-state index in [1.807, 2.05) is 45.0 Å². The molecule has 0 aliphatic carbocycles. The van der Waals surface area contributed by atoms with E-state index in [-0.39, 0.29) is 17.4 Å². The number of allylic oxidation sites excluding steroid dienone is 1. The molecule has 1 aliphatic heterocycles. The van der Waals surface area contributed by atoms with Gasteiger partial charge in [-0.15, -0.1) is 0 Å². The van der Waals surface area contributed by atoms with Gasteiger partial charge >= 0.3 is 5.97 Å². The van der Waals surface area contributed by atoms with E-state index in [0.29, 0.717) is 17.1 Å². The van der Waals surface area contributed by atoms with Crippen molar-refractivity contribution >= 4 is 5.97 Å². The Morgan fingerprint density at radius 2 is 1.84 bits per heavy atom. The van der Waals surface area contributed by atoms with Gasteiger partial charge < -0.3 is 15.6 Å². The van der Waals surface area contributed by atoms with E-state index in [9.17, 15) is 15.2 Å². The number of nitriles is 1. The molecule has 31 heavy (non-hydrogen) atoms. The number of nitrogens with zero attached hydrogens (tertiary/aromatic N) is 3. The van der Waals surface area contributed by atoms with Crippen molar-refractivity contribution < 1.29 is 14.6 Å². The monoisotopic (exact) mass is 414 g/mol. The number of carbonyl (C=O) groups is 1. The summed E-state index contributed by atoms with van der Waals surface area (Å²) in [5.41, 5.74) is 11.0. The molecule has 0 amide bonds. The van der Waals surface area contributed by atoms with Gasteiger partial charge in [0.05, 0.1) is 28.4 Å². The molecule has 0 spiro atoms. The van der Waals surface area contributed by atoms with Crippen molar-refractivity contribution in [1.82, 2.24) is 9.78 Å². The number of nitrogens with two attached hydrogens (primary N) is 1. The van der Waals surface area contributed by atoms with Crippen LogP contribution in [-0.4, -0.2) is 20.9 Å². The van der Waals surface area contributed by atoms with Gasteiger partial charge in [0, 0.05) is 0 Å². The maximum Gasteiger partial charge on any atom is 0.335 e. The Balaban J connectivity index is 1.95. The minimum atomic E-state index is -1.00. The zero-order chi connectivity index (χ0) is 22.3. The summed E-state index contributed by atoms with van der Waals surface area (Å²) in [5.74, 6) is -0.866. The van der Waals surface area contributed by atoms with Crippen molar-refractivity contribution in [1.29, 1.82) is 5.26 Å². The number of rotatable bonds is 4. The second-order valence-corrected chi connectivity index (χ2v) is 7.86. The smallest absolute Gasteiger partial charge is 0.335 e. The topological polar surface area (TPSA) is 114 Å². The van der Waals surface area contributed by atoms with Crippen molar-refractivity contribution in [2.75, 3.05) is 0 Å². The number of benzene rings is 2. The van der Waals surface area contributed by atoms with Crippen LogP contribution in [-0.2, 0) is 0 Å². The summed E-state index contributed by atoms with van der Waals surface area (Å²) in [7, 11) is 0. The zero-order valence-electron chi connectivity index (χ0n) is 17.5. The third-order valence-corrected chi connectivity index (χ3v) is 5.39. The molecule has 1 aromatic heterocycles. The summed E-state index contributed by atoms with van der Waals surface area (Å²) in [4.78, 5) is 11.2. The number of carboxylic acids is 1. The molecule has 3 aromatic rings. The summed E-state index contributed by atoms with van der Waals surface area (Å²) in [6, 6.07) is 16.6. The van der Waals surface area contributed by atoms with E-state index in [4.69, 9.17) is 15.6 Å². The number of fused-ring (bicyclic) bond motifs is 1. The normalized spacial score (nSPS) is 15.4. The van der Waals surface area contributed by atoms with Crippen molar-refractivity contribution in [2.24, 2.45) is 5.73 Å². The van der Waals surface area contributed by atoms with Gasteiger partial charge in [-0.05, 0) is 42.7 Å². The van der Waals surface area contributed by atoms with Crippen LogP contribution in [0.1, 0.15) is 58.4 Å². The Kier molecular flexibility index (Phi) is 4.99. The van der Waals surface area contributed by atoms with Gasteiger partial charge in [-0.3, -0.25) is 0 Å². The lowest BCUT2D eigenvalue weighted by molar-refractivity contribution is 0.0697. The molecule has 0 saturated carbocycles. The van der Waals surface area contributed by atoms with E-state index >= 15 is 0 Å². The van der Waals surface area contributed by atoms with Crippen LogP contribution in [0.4, 0.5) is 0 Å². The van der Waals surface area contributed by atoms with Crippen molar-refractivity contribution in [3.63, 3.8) is 0 Å². The number of ether oxygens (including phenoxy) is 1. The standard InChI is InChI=1S/C24H22N4O3/c1-13(2)21-20-19(15-6-4-14(3)5-7-15)18(12-25)22(26)31-23(20)28(27-21)17-10-8-16(9-11-17)24(29)30/h4-11,13,19H,26H2,1-3H3,(H,29,30). The second-order valence-electron chi connectivity index (χ2n) is 7.86. The Morgan fingerprint density at radius 3 is 2.39 bits per heavy atom. The van der Waals surface area contributed by atoms with Gasteiger partial charge in [0.25, 0.3) is 0 Å². The Labute approximate surface area is 180 Å². The van der Waals surface area contributed by atoms with Crippen molar-refractivity contribution in [2.45, 2.75) is 32.6 Å². The quantitative estimate of drug-likeness (QED) is 0.661. The molecular weight excluding hydrogens is 392 g/mol. The van der Waals surface area contributed by atoms with E-state index in [1.54, 1.807) is 16.8 Å². The second kappa shape index (κ2) is 7.65. The van der Waals surface area contributed by atoms with Gasteiger partial charge in [-0.2, -0.15) is 10.4 Å². The first-order chi connectivity index (χ1) is 14.8. The molecule has 3 N–H and O–H groups in total. The van der Waals surface area contributed by atoms with Gasteiger partial charge in [-0.1, -0.05) is 43.7 Å². The number of carboxylic acid groups (broad SMARTS) is 1. The van der Waals surface area contributed by atoms with Gasteiger partial charge in [0.1, 0.15) is 11.6 Å². The summed E-state index contributed by atoms with van der Waals surface area (Å²) in [5, 5.41) is 23.8. The molecule has 1 unspecified atom stereocenters. The lowest BCUT2D eigenvalue weighted by atomic mass is 9.82. The number of hydrogen-bond donors (Lipinski definition) is 2. The first-order valence-corrected chi connectivity index (χ1v) is 9.92. The third kappa shape index (κ3) is 3.42. The largest absolute Gasteiger partial charge is 0.478 e. The van der Waals surface area contributed by atoms with Gasteiger partial charge in [0.2, 0.25) is 11.8 Å². The molecular formula is C24H22N4O3. The Morgan fingerprint density at radius 1 is 1.19 bits per heavy atom. The lowest BCUT2D eigenvalue weighted by Crippen LogP contribution is -2.22. The number of aryl methyl sites for hydroxylation is 1. The number of hydrogen-bond acceptors (Lipinski definition) is 5. The fourth-order valence-corrected chi connectivity index (χ4v) is 3.80. The molecule has 156 valence electrons. The molecule has 0 radical (unpaired) electrons. The van der Waals surface area contributed by atoms with Gasteiger partial charge in [0.15, 0.2) is 0 Å². The molecule has 0 bridgehead atoms. The maximum absolute atomic E-state index is 11.2. The molecule has 7 heteroatoms. The maximum atomic E-state index is 11.2. The number of aromatic carboxylic acids is 1. The van der Waals surface area contributed by atoms with Crippen LogP contribution in [0.15, 0.2) is 60.0 Å². The Hall–Kier alpha value is -4.05. The van der Waals surface area contributed by atoms with E-state index in [1.165, 1.54) is 12.1 Å². The van der Waals surface area contributed by atoms with E-state index < -0.39 is 11.9 Å². The molecule has 4 rings (SSSR count). The van der Waals surface area contributed by atoms with Crippen LogP contribution in [0, 0.1) is 18.3 Å². The van der Waals surface area contributed by atoms with Gasteiger partial charge in [-0.25, -0.2) is 9.48 Å². The zero-order valence-corrected chi connectivity index (χ0v) is 17.5. The van der Waals surface area contributed by atoms with E-state index in [0.717, 1.165) is 22.4 Å². The van der Waals surface area contributed by atoms with Crippen LogP contribution in [0.5, 0.6) is 5.88 Å². The van der Waals surface area contributed by atoms with Crippen LogP contribution < -0.4 is 10.5 Å². The average molecular weight is 414 g/mol. The predicted molar refractivity (Wildman–Crippen MR) is 115 cm³/mol. The first kappa shape index (κ1) is 20.2. The highest BCUT2D eigenvalue weighted by atomic mass is 16.5. The van der Waals surface area contributed by atoms with Crippen LogP contribution in [0.2, 0.25) is 0 Å². The summed E-state index contributed by atoms with van der Waals surface area (Å²) in [6.45, 7) is 6.06. The lowest BCUT2D eigenvalue weighted by Gasteiger charge is -2.25. The fourth-order valence-electron chi connectivity index (χ4n) is 3.80. The molecule has 0 saturated heterocycles. The average Bonchev–Trinajstić information content (AvgIpc) is 3.12. The minimum Gasteiger partial charge on any atom is -0.478 e. The third-order valence-electron chi connectivity index (χ3n) is 5.39. The highest BCUT2D eigenvalue weighted by molar-refractivity contribution is 5.87. The number of aromatic nitrogens is 2. The molecule has 1 atom stereocenters. The van der Waals surface area contributed by atoms with Crippen molar-refractivity contribution in [3.05, 3.63) is 87.9 Å². The molecule has 2 aromatic carbocycles. The minimum absolute atomic E-state index is 0.0409. The molecule has 0 fully saturated rings. The highest BCUT2D eigenvalue weighted by Gasteiger charge is 2.37. The summed E-state index contributed by atoms with van der Waals surface area (Å²) < 4.78 is 7.55. The molecule has 7 nitrogen and oxygen atoms in total. The SMILES string of the molecule is Cc1ccc(C2C(C#N)=C(N)Oc3c2c(C(C)C)nn3-c2ccc(C(=O)O)cc2)cc1. The summed E-state index contributed by atoms with van der Waals surface area (Å²) >= 11 is 0.